The summed E-state index contributed by atoms with van der Waals surface area (Å²) < 4.78 is 0. The van der Waals surface area contributed by atoms with Crippen molar-refractivity contribution in [2.45, 2.75) is 26.2 Å². The van der Waals surface area contributed by atoms with Gasteiger partial charge in [0.15, 0.2) is 6.29 Å². The van der Waals surface area contributed by atoms with Crippen LogP contribution in [0.3, 0.4) is 0 Å². The number of nitro benzene ring substituents is 1. The normalized spacial score (nSPS) is 16.4. The number of nitrogens with zero attached hydrogens (tertiary/aromatic N) is 2. The number of aldehydes is 1. The molecule has 1 aromatic carbocycles. The van der Waals surface area contributed by atoms with E-state index in [0.29, 0.717) is 6.29 Å². The van der Waals surface area contributed by atoms with Gasteiger partial charge in [-0.15, -0.1) is 0 Å². The van der Waals surface area contributed by atoms with Crippen molar-refractivity contribution in [2.75, 3.05) is 18.0 Å². The Hall–Kier alpha value is -1.91. The van der Waals surface area contributed by atoms with Crippen LogP contribution in [0.4, 0.5) is 11.4 Å². The Bertz CT molecular complexity index is 480. The van der Waals surface area contributed by atoms with E-state index < -0.39 is 4.92 Å². The first kappa shape index (κ1) is 13.5. The number of anilines is 1. The lowest BCUT2D eigenvalue weighted by molar-refractivity contribution is -0.385. The summed E-state index contributed by atoms with van der Waals surface area (Å²) in [5.41, 5.74) is 0.935. The highest BCUT2D eigenvalue weighted by molar-refractivity contribution is 5.83. The minimum atomic E-state index is -0.517. The van der Waals surface area contributed by atoms with Crippen LogP contribution in [0.15, 0.2) is 18.2 Å². The first-order valence-corrected chi connectivity index (χ1v) is 6.64. The van der Waals surface area contributed by atoms with Crippen LogP contribution in [0.25, 0.3) is 0 Å². The molecule has 0 bridgehead atoms. The van der Waals surface area contributed by atoms with Crippen LogP contribution in [0, 0.1) is 16.0 Å². The topological polar surface area (TPSA) is 63.4 Å². The summed E-state index contributed by atoms with van der Waals surface area (Å²) in [5.74, 6) is 0.778. The molecule has 1 aromatic rings. The molecule has 0 N–H and O–H groups in total. The summed E-state index contributed by atoms with van der Waals surface area (Å²) in [6.45, 7) is 4.11. The van der Waals surface area contributed by atoms with Gasteiger partial charge in [-0.2, -0.15) is 0 Å². The molecule has 1 saturated heterocycles. The van der Waals surface area contributed by atoms with E-state index in [-0.39, 0.29) is 11.3 Å². The van der Waals surface area contributed by atoms with Crippen LogP contribution >= 0.6 is 0 Å². The number of hydrogen-bond acceptors (Lipinski definition) is 4. The number of benzene rings is 1. The quantitative estimate of drug-likeness (QED) is 0.475. The third-order valence-electron chi connectivity index (χ3n) is 3.89. The van der Waals surface area contributed by atoms with E-state index in [9.17, 15) is 14.9 Å². The fraction of sp³-hybridized carbons (Fsp3) is 0.500. The number of carbonyl (C=O) groups is 1. The molecule has 0 atom stereocenters. The minimum Gasteiger partial charge on any atom is -0.371 e. The zero-order chi connectivity index (χ0) is 13.8. The maximum atomic E-state index is 10.9. The monoisotopic (exact) mass is 262 g/mol. The van der Waals surface area contributed by atoms with Crippen molar-refractivity contribution in [2.24, 2.45) is 5.92 Å². The molecular weight excluding hydrogens is 244 g/mol. The molecule has 5 nitrogen and oxygen atoms in total. The maximum absolute atomic E-state index is 10.9. The molecule has 1 heterocycles. The first-order chi connectivity index (χ1) is 9.15. The number of piperidine rings is 1. The minimum absolute atomic E-state index is 0.123. The molecule has 1 aliphatic rings. The Labute approximate surface area is 112 Å². The molecule has 0 aromatic heterocycles. The number of nitro groups is 1. The van der Waals surface area contributed by atoms with Gasteiger partial charge >= 0.3 is 0 Å². The average Bonchev–Trinajstić information content (AvgIpc) is 2.46. The first-order valence-electron chi connectivity index (χ1n) is 6.64. The molecule has 19 heavy (non-hydrogen) atoms. The molecule has 5 heteroatoms. The van der Waals surface area contributed by atoms with E-state index in [4.69, 9.17) is 0 Å². The van der Waals surface area contributed by atoms with Gasteiger partial charge in [0.2, 0.25) is 0 Å². The second-order valence-electron chi connectivity index (χ2n) is 4.96. The van der Waals surface area contributed by atoms with Crippen LogP contribution < -0.4 is 4.90 Å². The van der Waals surface area contributed by atoms with Crippen molar-refractivity contribution in [1.29, 1.82) is 0 Å². The molecular formula is C14H18N2O3. The summed E-state index contributed by atoms with van der Waals surface area (Å²) in [6, 6.07) is 4.78. The second-order valence-corrected chi connectivity index (χ2v) is 4.96. The van der Waals surface area contributed by atoms with E-state index in [1.165, 1.54) is 12.5 Å². The van der Waals surface area contributed by atoms with Gasteiger partial charge in [-0.25, -0.2) is 0 Å². The standard InChI is InChI=1S/C14H18N2O3/c1-2-11-5-7-15(8-6-11)13-3-4-14(16(18)19)12(9-13)10-17/h3-4,9-11H,2,5-8H2,1H3. The molecule has 0 saturated carbocycles. The smallest absolute Gasteiger partial charge is 0.280 e. The predicted octanol–water partition coefficient (Wildman–Crippen LogP) is 3.03. The SMILES string of the molecule is CCC1CCN(c2ccc([N+](=O)[O-])c(C=O)c2)CC1. The van der Waals surface area contributed by atoms with E-state index in [2.05, 4.69) is 11.8 Å². The van der Waals surface area contributed by atoms with E-state index in [0.717, 1.165) is 37.5 Å². The van der Waals surface area contributed by atoms with Gasteiger partial charge in [-0.05, 0) is 30.9 Å². The van der Waals surface area contributed by atoms with Crippen molar-refractivity contribution in [3.63, 3.8) is 0 Å². The largest absolute Gasteiger partial charge is 0.371 e. The summed E-state index contributed by atoms with van der Waals surface area (Å²) in [7, 11) is 0. The highest BCUT2D eigenvalue weighted by atomic mass is 16.6. The zero-order valence-corrected chi connectivity index (χ0v) is 11.0. The molecule has 102 valence electrons. The van der Waals surface area contributed by atoms with Gasteiger partial charge in [0, 0.05) is 24.8 Å². The second kappa shape index (κ2) is 5.82. The van der Waals surface area contributed by atoms with Gasteiger partial charge in [-0.1, -0.05) is 13.3 Å². The molecule has 0 spiro atoms. The number of carbonyl (C=O) groups excluding carboxylic acids is 1. The van der Waals surface area contributed by atoms with Crippen molar-refractivity contribution >= 4 is 17.7 Å². The average molecular weight is 262 g/mol. The Kier molecular flexibility index (Phi) is 4.14. The van der Waals surface area contributed by atoms with Crippen molar-refractivity contribution < 1.29 is 9.72 Å². The Morgan fingerprint density at radius 3 is 2.63 bits per heavy atom. The number of rotatable bonds is 4. The molecule has 1 fully saturated rings. The molecule has 0 radical (unpaired) electrons. The van der Waals surface area contributed by atoms with Crippen molar-refractivity contribution in [3.05, 3.63) is 33.9 Å². The van der Waals surface area contributed by atoms with Crippen molar-refractivity contribution in [3.8, 4) is 0 Å². The third kappa shape index (κ3) is 2.92. The fourth-order valence-corrected chi connectivity index (χ4v) is 2.60. The highest BCUT2D eigenvalue weighted by Crippen LogP contribution is 2.28. The molecule has 1 aliphatic heterocycles. The number of hydrogen-bond donors (Lipinski definition) is 0. The van der Waals surface area contributed by atoms with Gasteiger partial charge in [0.1, 0.15) is 0 Å². The lowest BCUT2D eigenvalue weighted by Crippen LogP contribution is -2.33. The third-order valence-corrected chi connectivity index (χ3v) is 3.89. The lowest BCUT2D eigenvalue weighted by Gasteiger charge is -2.33. The Morgan fingerprint density at radius 2 is 2.11 bits per heavy atom. The molecule has 0 unspecified atom stereocenters. The zero-order valence-electron chi connectivity index (χ0n) is 11.0. The van der Waals surface area contributed by atoms with Crippen LogP contribution in [0.5, 0.6) is 0 Å². The Balaban J connectivity index is 2.18. The van der Waals surface area contributed by atoms with Crippen LogP contribution in [-0.2, 0) is 0 Å². The van der Waals surface area contributed by atoms with Gasteiger partial charge < -0.3 is 4.90 Å². The highest BCUT2D eigenvalue weighted by Gasteiger charge is 2.20. The van der Waals surface area contributed by atoms with Gasteiger partial charge in [-0.3, -0.25) is 14.9 Å². The van der Waals surface area contributed by atoms with E-state index >= 15 is 0 Å². The lowest BCUT2D eigenvalue weighted by atomic mass is 9.94. The van der Waals surface area contributed by atoms with Gasteiger partial charge in [0.05, 0.1) is 10.5 Å². The van der Waals surface area contributed by atoms with Crippen LogP contribution in [-0.4, -0.2) is 24.3 Å². The summed E-state index contributed by atoms with van der Waals surface area (Å²) in [5, 5.41) is 10.8. The fourth-order valence-electron chi connectivity index (χ4n) is 2.60. The predicted molar refractivity (Wildman–Crippen MR) is 73.7 cm³/mol. The molecule has 0 aliphatic carbocycles. The van der Waals surface area contributed by atoms with Crippen LogP contribution in [0.2, 0.25) is 0 Å². The van der Waals surface area contributed by atoms with Crippen LogP contribution in [0.1, 0.15) is 36.5 Å². The van der Waals surface area contributed by atoms with E-state index in [1.54, 1.807) is 12.1 Å². The van der Waals surface area contributed by atoms with Gasteiger partial charge in [0.25, 0.3) is 5.69 Å². The Morgan fingerprint density at radius 1 is 1.42 bits per heavy atom. The van der Waals surface area contributed by atoms with Crippen molar-refractivity contribution in [1.82, 2.24) is 0 Å². The summed E-state index contributed by atoms with van der Waals surface area (Å²) in [6.07, 6.45) is 4.04. The summed E-state index contributed by atoms with van der Waals surface area (Å²) in [4.78, 5) is 23.4. The maximum Gasteiger partial charge on any atom is 0.280 e. The molecule has 0 amide bonds. The van der Waals surface area contributed by atoms with E-state index in [1.807, 2.05) is 0 Å². The molecule has 2 rings (SSSR count). The summed E-state index contributed by atoms with van der Waals surface area (Å²) >= 11 is 0.